The number of halogens is 3. The van der Waals surface area contributed by atoms with Gasteiger partial charge >= 0.3 is 6.18 Å². The summed E-state index contributed by atoms with van der Waals surface area (Å²) in [5.74, 6) is -0.440. The van der Waals surface area contributed by atoms with Gasteiger partial charge in [-0.1, -0.05) is 18.2 Å². The van der Waals surface area contributed by atoms with Gasteiger partial charge in [-0.3, -0.25) is 4.79 Å². The molecule has 2 unspecified atom stereocenters. The zero-order valence-corrected chi connectivity index (χ0v) is 16.3. The number of amides is 1. The van der Waals surface area contributed by atoms with Gasteiger partial charge < -0.3 is 10.2 Å². The van der Waals surface area contributed by atoms with Crippen LogP contribution in [0.2, 0.25) is 0 Å². The zero-order chi connectivity index (χ0) is 21.3. The van der Waals surface area contributed by atoms with E-state index in [-0.39, 0.29) is 23.8 Å². The average Bonchev–Trinajstić information content (AvgIpc) is 3.55. The number of carbonyl (C=O) groups is 1. The fourth-order valence-corrected chi connectivity index (χ4v) is 4.14. The Bertz CT molecular complexity index is 957. The molecule has 2 fully saturated rings. The standard InChI is InChI=1S/C23H22F3N3O/c24-23(25,26)17-3-1-2-16(12-17)20-13-21(20)22(30)28-18-8-10-29(11-9-18)19-6-4-15(14-27)5-7-19/h1-7,12,18,20-21H,8-11,13H2,(H,28,30). The van der Waals surface area contributed by atoms with Crippen LogP contribution in [0.15, 0.2) is 48.5 Å². The molecule has 4 rings (SSSR count). The molecule has 1 N–H and O–H groups in total. The largest absolute Gasteiger partial charge is 0.416 e. The van der Waals surface area contributed by atoms with Gasteiger partial charge in [-0.25, -0.2) is 0 Å². The molecule has 1 amide bonds. The minimum atomic E-state index is -4.37. The summed E-state index contributed by atoms with van der Waals surface area (Å²) in [6.07, 6.45) is -2.15. The first-order chi connectivity index (χ1) is 14.3. The van der Waals surface area contributed by atoms with Crippen LogP contribution in [0.25, 0.3) is 0 Å². The Morgan fingerprint density at radius 2 is 1.80 bits per heavy atom. The summed E-state index contributed by atoms with van der Waals surface area (Å²) >= 11 is 0. The first-order valence-electron chi connectivity index (χ1n) is 10.1. The number of benzene rings is 2. The molecule has 0 aromatic heterocycles. The first-order valence-corrected chi connectivity index (χ1v) is 10.1. The van der Waals surface area contributed by atoms with Crippen molar-refractivity contribution in [3.05, 3.63) is 65.2 Å². The Morgan fingerprint density at radius 3 is 2.43 bits per heavy atom. The van der Waals surface area contributed by atoms with Gasteiger partial charge in [0.2, 0.25) is 5.91 Å². The van der Waals surface area contributed by atoms with Crippen molar-refractivity contribution in [2.45, 2.75) is 37.4 Å². The minimum Gasteiger partial charge on any atom is -0.371 e. The molecule has 156 valence electrons. The molecule has 1 aliphatic carbocycles. The Kier molecular flexibility index (Phi) is 5.42. The molecule has 1 aliphatic heterocycles. The van der Waals surface area contributed by atoms with Crippen LogP contribution in [0, 0.1) is 17.2 Å². The number of nitrogens with zero attached hydrogens (tertiary/aromatic N) is 2. The number of nitrogens with one attached hydrogen (secondary N) is 1. The van der Waals surface area contributed by atoms with Crippen molar-refractivity contribution in [1.29, 1.82) is 5.26 Å². The molecule has 2 aromatic carbocycles. The van der Waals surface area contributed by atoms with Crippen LogP contribution in [0.5, 0.6) is 0 Å². The van der Waals surface area contributed by atoms with Crippen LogP contribution in [-0.4, -0.2) is 25.0 Å². The number of hydrogen-bond donors (Lipinski definition) is 1. The predicted molar refractivity (Wildman–Crippen MR) is 107 cm³/mol. The van der Waals surface area contributed by atoms with E-state index in [0.717, 1.165) is 43.8 Å². The predicted octanol–water partition coefficient (Wildman–Crippen LogP) is 4.47. The van der Waals surface area contributed by atoms with E-state index < -0.39 is 11.7 Å². The molecular formula is C23H22F3N3O. The molecule has 1 saturated carbocycles. The van der Waals surface area contributed by atoms with Gasteiger partial charge in [0.15, 0.2) is 0 Å². The SMILES string of the molecule is N#Cc1ccc(N2CCC(NC(=O)C3CC3c3cccc(C(F)(F)F)c3)CC2)cc1. The highest BCUT2D eigenvalue weighted by Gasteiger charge is 2.45. The van der Waals surface area contributed by atoms with Crippen molar-refractivity contribution in [2.24, 2.45) is 5.92 Å². The third-order valence-electron chi connectivity index (χ3n) is 5.97. The maximum Gasteiger partial charge on any atom is 0.416 e. The molecule has 30 heavy (non-hydrogen) atoms. The highest BCUT2D eigenvalue weighted by Crippen LogP contribution is 2.48. The second-order valence-electron chi connectivity index (χ2n) is 8.00. The van der Waals surface area contributed by atoms with Gasteiger partial charge in [0, 0.05) is 30.7 Å². The molecule has 1 saturated heterocycles. The Morgan fingerprint density at radius 1 is 1.10 bits per heavy atom. The molecule has 0 bridgehead atoms. The fourth-order valence-electron chi connectivity index (χ4n) is 4.14. The summed E-state index contributed by atoms with van der Waals surface area (Å²) in [5, 5.41) is 12.0. The summed E-state index contributed by atoms with van der Waals surface area (Å²) in [7, 11) is 0. The van der Waals surface area contributed by atoms with Gasteiger partial charge in [-0.05, 0) is 61.1 Å². The van der Waals surface area contributed by atoms with E-state index in [4.69, 9.17) is 5.26 Å². The third-order valence-corrected chi connectivity index (χ3v) is 5.97. The number of anilines is 1. The molecule has 7 heteroatoms. The molecule has 2 aliphatic rings. The average molecular weight is 413 g/mol. The monoisotopic (exact) mass is 413 g/mol. The van der Waals surface area contributed by atoms with E-state index in [1.807, 2.05) is 12.1 Å². The number of rotatable bonds is 4. The number of nitriles is 1. The van der Waals surface area contributed by atoms with Gasteiger partial charge in [0.1, 0.15) is 0 Å². The Labute approximate surface area is 173 Å². The smallest absolute Gasteiger partial charge is 0.371 e. The van der Waals surface area contributed by atoms with Crippen molar-refractivity contribution < 1.29 is 18.0 Å². The van der Waals surface area contributed by atoms with Crippen molar-refractivity contribution in [2.75, 3.05) is 18.0 Å². The summed E-state index contributed by atoms with van der Waals surface area (Å²) in [5.41, 5.74) is 1.60. The van der Waals surface area contributed by atoms with E-state index in [1.54, 1.807) is 18.2 Å². The second kappa shape index (κ2) is 8.02. The molecule has 1 heterocycles. The van der Waals surface area contributed by atoms with E-state index in [2.05, 4.69) is 16.3 Å². The van der Waals surface area contributed by atoms with Crippen LogP contribution in [0.4, 0.5) is 18.9 Å². The number of piperidine rings is 1. The van der Waals surface area contributed by atoms with Crippen molar-refractivity contribution in [1.82, 2.24) is 5.32 Å². The summed E-state index contributed by atoms with van der Waals surface area (Å²) in [6, 6.07) is 14.9. The summed E-state index contributed by atoms with van der Waals surface area (Å²) in [6.45, 7) is 1.61. The van der Waals surface area contributed by atoms with Crippen molar-refractivity contribution in [3.63, 3.8) is 0 Å². The number of carbonyl (C=O) groups excluding carboxylic acids is 1. The van der Waals surface area contributed by atoms with E-state index in [1.165, 1.54) is 6.07 Å². The fraction of sp³-hybridized carbons (Fsp3) is 0.391. The lowest BCUT2D eigenvalue weighted by Crippen LogP contribution is -2.45. The van der Waals surface area contributed by atoms with Gasteiger partial charge in [0.05, 0.1) is 17.2 Å². The van der Waals surface area contributed by atoms with Crippen LogP contribution in [0.1, 0.15) is 41.9 Å². The Hall–Kier alpha value is -3.01. The topological polar surface area (TPSA) is 56.1 Å². The van der Waals surface area contributed by atoms with Crippen LogP contribution in [-0.2, 0) is 11.0 Å². The van der Waals surface area contributed by atoms with Crippen LogP contribution >= 0.6 is 0 Å². The lowest BCUT2D eigenvalue weighted by atomic mass is 10.0. The lowest BCUT2D eigenvalue weighted by molar-refractivity contribution is -0.137. The quantitative estimate of drug-likeness (QED) is 0.805. The maximum atomic E-state index is 12.9. The molecule has 2 atom stereocenters. The summed E-state index contributed by atoms with van der Waals surface area (Å²) in [4.78, 5) is 14.8. The molecular weight excluding hydrogens is 391 g/mol. The normalized spacial score (nSPS) is 21.7. The van der Waals surface area contributed by atoms with Crippen molar-refractivity contribution in [3.8, 4) is 6.07 Å². The molecule has 2 aromatic rings. The zero-order valence-electron chi connectivity index (χ0n) is 16.3. The second-order valence-corrected chi connectivity index (χ2v) is 8.00. The van der Waals surface area contributed by atoms with Gasteiger partial charge in [0.25, 0.3) is 0 Å². The first kappa shape index (κ1) is 20.3. The van der Waals surface area contributed by atoms with Crippen molar-refractivity contribution >= 4 is 11.6 Å². The Balaban J connectivity index is 1.28. The minimum absolute atomic E-state index is 0.0609. The number of hydrogen-bond acceptors (Lipinski definition) is 3. The molecule has 4 nitrogen and oxygen atoms in total. The molecule has 0 spiro atoms. The third kappa shape index (κ3) is 4.43. The van der Waals surface area contributed by atoms with Crippen LogP contribution in [0.3, 0.4) is 0 Å². The lowest BCUT2D eigenvalue weighted by Gasteiger charge is -2.34. The van der Waals surface area contributed by atoms with E-state index >= 15 is 0 Å². The van der Waals surface area contributed by atoms with Gasteiger partial charge in [-0.2, -0.15) is 18.4 Å². The maximum absolute atomic E-state index is 12.9. The highest BCUT2D eigenvalue weighted by molar-refractivity contribution is 5.83. The number of alkyl halides is 3. The van der Waals surface area contributed by atoms with Crippen LogP contribution < -0.4 is 10.2 Å². The van der Waals surface area contributed by atoms with Gasteiger partial charge in [-0.15, -0.1) is 0 Å². The molecule has 0 radical (unpaired) electrons. The van der Waals surface area contributed by atoms with E-state index in [9.17, 15) is 18.0 Å². The summed E-state index contributed by atoms with van der Waals surface area (Å²) < 4.78 is 38.7. The van der Waals surface area contributed by atoms with E-state index in [0.29, 0.717) is 17.5 Å². The highest BCUT2D eigenvalue weighted by atomic mass is 19.4.